The number of phenolic OH excluding ortho intramolecular Hbond substituents is 1. The molecule has 2 unspecified atom stereocenters. The fourth-order valence-corrected chi connectivity index (χ4v) is 5.03. The molecule has 4 N–H and O–H groups in total. The molecule has 6 nitrogen and oxygen atoms in total. The van der Waals surface area contributed by atoms with Crippen molar-refractivity contribution in [3.63, 3.8) is 0 Å². The topological polar surface area (TPSA) is 86.0 Å². The number of anilines is 1. The molecule has 0 saturated carbocycles. The van der Waals surface area contributed by atoms with E-state index in [4.69, 9.17) is 19.9 Å². The molecule has 2 atom stereocenters. The minimum absolute atomic E-state index is 0.194. The smallest absolute Gasteiger partial charge is 0.162 e. The Morgan fingerprint density at radius 2 is 1.70 bits per heavy atom. The molecule has 6 heteroatoms. The van der Waals surface area contributed by atoms with E-state index in [0.29, 0.717) is 24.0 Å². The Bertz CT molecular complexity index is 1200. The van der Waals surface area contributed by atoms with Gasteiger partial charge in [0.25, 0.3) is 0 Å². The first-order valence-electron chi connectivity index (χ1n) is 13.0. The van der Waals surface area contributed by atoms with Gasteiger partial charge in [0.15, 0.2) is 11.5 Å². The Kier molecular flexibility index (Phi) is 8.18. The average molecular weight is 505 g/mol. The second-order valence-electron chi connectivity index (χ2n) is 10.9. The van der Waals surface area contributed by atoms with Gasteiger partial charge in [-0.15, -0.1) is 0 Å². The van der Waals surface area contributed by atoms with Crippen LogP contribution in [0, 0.1) is 0 Å². The van der Waals surface area contributed by atoms with Crippen LogP contribution in [0.3, 0.4) is 0 Å². The number of nitrogens with two attached hydrogens (primary N) is 1. The number of ether oxygens (including phenoxy) is 3. The van der Waals surface area contributed by atoms with E-state index in [1.165, 1.54) is 22.3 Å². The first-order valence-corrected chi connectivity index (χ1v) is 13.0. The summed E-state index contributed by atoms with van der Waals surface area (Å²) in [6.45, 7) is 6.57. The molecule has 0 spiro atoms. The van der Waals surface area contributed by atoms with Crippen LogP contribution in [0.4, 0.5) is 5.69 Å². The third-order valence-corrected chi connectivity index (χ3v) is 6.89. The van der Waals surface area contributed by atoms with Crippen molar-refractivity contribution in [2.45, 2.75) is 64.0 Å². The number of aryl methyl sites for hydroxylation is 1. The van der Waals surface area contributed by atoms with Gasteiger partial charge in [-0.3, -0.25) is 0 Å². The van der Waals surface area contributed by atoms with E-state index in [-0.39, 0.29) is 11.6 Å². The highest BCUT2D eigenvalue weighted by Gasteiger charge is 2.25. The molecule has 0 fully saturated rings. The van der Waals surface area contributed by atoms with E-state index < -0.39 is 0 Å². The number of nitrogens with one attached hydrogen (secondary N) is 1. The van der Waals surface area contributed by atoms with Crippen LogP contribution in [0.5, 0.6) is 23.0 Å². The van der Waals surface area contributed by atoms with Crippen molar-refractivity contribution in [3.8, 4) is 23.0 Å². The highest BCUT2D eigenvalue weighted by Crippen LogP contribution is 2.42. The van der Waals surface area contributed by atoms with Gasteiger partial charge < -0.3 is 30.4 Å². The number of benzene rings is 3. The van der Waals surface area contributed by atoms with Crippen molar-refractivity contribution in [2.24, 2.45) is 5.73 Å². The summed E-state index contributed by atoms with van der Waals surface area (Å²) in [7, 11) is 3.35. The van der Waals surface area contributed by atoms with Gasteiger partial charge in [-0.1, -0.05) is 18.2 Å². The molecule has 4 rings (SSSR count). The fraction of sp³-hybridized carbons (Fsp3) is 0.419. The highest BCUT2D eigenvalue weighted by molar-refractivity contribution is 5.63. The zero-order valence-corrected chi connectivity index (χ0v) is 22.6. The molecular weight excluding hydrogens is 464 g/mol. The Hall–Kier alpha value is -3.38. The average Bonchev–Trinajstić information content (AvgIpc) is 2.87. The van der Waals surface area contributed by atoms with Crippen molar-refractivity contribution in [3.05, 3.63) is 76.9 Å². The maximum absolute atomic E-state index is 9.88. The summed E-state index contributed by atoms with van der Waals surface area (Å²) in [5.41, 5.74) is 11.7. The largest absolute Gasteiger partial charge is 0.508 e. The van der Waals surface area contributed by atoms with E-state index in [9.17, 15) is 5.11 Å². The Morgan fingerprint density at radius 3 is 2.38 bits per heavy atom. The number of hydrogen-bond acceptors (Lipinski definition) is 6. The minimum atomic E-state index is -0.365. The van der Waals surface area contributed by atoms with Crippen LogP contribution in [0.1, 0.15) is 55.4 Å². The van der Waals surface area contributed by atoms with Gasteiger partial charge in [0.2, 0.25) is 0 Å². The molecule has 1 aliphatic rings. The van der Waals surface area contributed by atoms with Gasteiger partial charge >= 0.3 is 0 Å². The predicted octanol–water partition coefficient (Wildman–Crippen LogP) is 5.84. The van der Waals surface area contributed by atoms with Crippen LogP contribution in [0.2, 0.25) is 0 Å². The van der Waals surface area contributed by atoms with Crippen molar-refractivity contribution >= 4 is 5.69 Å². The number of fused-ring (bicyclic) bond motifs is 1. The van der Waals surface area contributed by atoms with Gasteiger partial charge in [0.05, 0.1) is 14.2 Å². The lowest BCUT2D eigenvalue weighted by atomic mass is 9.79. The minimum Gasteiger partial charge on any atom is -0.508 e. The molecule has 3 aromatic carbocycles. The Balaban J connectivity index is 1.51. The molecule has 1 aliphatic carbocycles. The van der Waals surface area contributed by atoms with Crippen molar-refractivity contribution in [1.82, 2.24) is 0 Å². The summed E-state index contributed by atoms with van der Waals surface area (Å²) in [6, 6.07) is 18.3. The second-order valence-corrected chi connectivity index (χ2v) is 10.9. The molecular formula is C31H40N2O4. The van der Waals surface area contributed by atoms with E-state index in [1.807, 2.05) is 32.0 Å². The summed E-state index contributed by atoms with van der Waals surface area (Å²) in [4.78, 5) is 0. The van der Waals surface area contributed by atoms with Crippen LogP contribution >= 0.6 is 0 Å². The quantitative estimate of drug-likeness (QED) is 0.322. The fourth-order valence-electron chi connectivity index (χ4n) is 5.03. The summed E-state index contributed by atoms with van der Waals surface area (Å²) >= 11 is 0. The first-order chi connectivity index (χ1) is 17.6. The third-order valence-electron chi connectivity index (χ3n) is 6.89. The molecule has 0 amide bonds. The maximum atomic E-state index is 9.88. The highest BCUT2D eigenvalue weighted by atomic mass is 16.5. The van der Waals surface area contributed by atoms with Crippen LogP contribution in [-0.2, 0) is 19.3 Å². The maximum Gasteiger partial charge on any atom is 0.162 e. The summed E-state index contributed by atoms with van der Waals surface area (Å²) in [5, 5.41) is 13.6. The number of methoxy groups -OCH3 is 2. The standard InChI is InChI=1S/C31H40N2O4/c1-20(14-21-6-12-26(13-7-21)37-19-31(2,3)32)33-28-18-30(36-5)29(35-4)17-27(28)24-9-8-23-16-25(34)11-10-22(23)15-24/h6-7,10-13,16-18,20,24,33-34H,8-9,14-15,19,32H2,1-5H3. The zero-order chi connectivity index (χ0) is 26.6. The van der Waals surface area contributed by atoms with E-state index in [2.05, 4.69) is 42.6 Å². The molecule has 37 heavy (non-hydrogen) atoms. The zero-order valence-electron chi connectivity index (χ0n) is 22.6. The molecule has 0 bridgehead atoms. The lowest BCUT2D eigenvalue weighted by molar-refractivity contribution is 0.243. The van der Waals surface area contributed by atoms with Crippen LogP contribution < -0.4 is 25.3 Å². The second kappa shape index (κ2) is 11.3. The molecule has 198 valence electrons. The van der Waals surface area contributed by atoms with Crippen molar-refractivity contribution < 1.29 is 19.3 Å². The Labute approximate surface area is 220 Å². The van der Waals surface area contributed by atoms with E-state index >= 15 is 0 Å². The van der Waals surface area contributed by atoms with Crippen molar-refractivity contribution in [1.29, 1.82) is 0 Å². The molecule has 3 aromatic rings. The van der Waals surface area contributed by atoms with E-state index in [0.717, 1.165) is 42.9 Å². The van der Waals surface area contributed by atoms with Crippen molar-refractivity contribution in [2.75, 3.05) is 26.1 Å². The molecule has 0 aliphatic heterocycles. The molecule has 0 heterocycles. The van der Waals surface area contributed by atoms with E-state index in [1.54, 1.807) is 20.3 Å². The number of aromatic hydroxyl groups is 1. The summed E-state index contributed by atoms with van der Waals surface area (Å²) < 4.78 is 17.1. The number of rotatable bonds is 10. The number of phenols is 1. The molecule has 0 aromatic heterocycles. The van der Waals surface area contributed by atoms with Crippen LogP contribution in [0.25, 0.3) is 0 Å². The molecule has 0 saturated heterocycles. The molecule has 0 radical (unpaired) electrons. The summed E-state index contributed by atoms with van der Waals surface area (Å²) in [6.07, 6.45) is 3.74. The summed E-state index contributed by atoms with van der Waals surface area (Å²) in [5.74, 6) is 2.96. The monoisotopic (exact) mass is 504 g/mol. The third kappa shape index (κ3) is 6.89. The Morgan fingerprint density at radius 1 is 1.00 bits per heavy atom. The normalized spacial score (nSPS) is 16.0. The van der Waals surface area contributed by atoms with Gasteiger partial charge in [-0.05, 0) is 105 Å². The van der Waals surface area contributed by atoms with Gasteiger partial charge in [-0.25, -0.2) is 0 Å². The van der Waals surface area contributed by atoms with Gasteiger partial charge in [0.1, 0.15) is 18.1 Å². The lowest BCUT2D eigenvalue weighted by Gasteiger charge is -2.29. The van der Waals surface area contributed by atoms with Crippen LogP contribution in [-0.4, -0.2) is 37.5 Å². The van der Waals surface area contributed by atoms with Crippen LogP contribution in [0.15, 0.2) is 54.6 Å². The lowest BCUT2D eigenvalue weighted by Crippen LogP contribution is -2.38. The van der Waals surface area contributed by atoms with Gasteiger partial charge in [0, 0.05) is 23.3 Å². The van der Waals surface area contributed by atoms with Gasteiger partial charge in [-0.2, -0.15) is 0 Å². The first kappa shape index (κ1) is 26.7. The SMILES string of the molecule is COc1cc(NC(C)Cc2ccc(OCC(C)(C)N)cc2)c(C2CCc3cc(O)ccc3C2)cc1OC. The number of hydrogen-bond donors (Lipinski definition) is 3. The predicted molar refractivity (Wildman–Crippen MR) is 149 cm³/mol.